The molecule has 16 heavy (non-hydrogen) atoms. The molecule has 0 aromatic carbocycles. The lowest BCUT2D eigenvalue weighted by Crippen LogP contribution is -2.45. The highest BCUT2D eigenvalue weighted by Gasteiger charge is 2.14. The Morgan fingerprint density at radius 3 is 2.56 bits per heavy atom. The van der Waals surface area contributed by atoms with E-state index in [1.165, 1.54) is 0 Å². The van der Waals surface area contributed by atoms with Crippen LogP contribution in [0.1, 0.15) is 13.8 Å². The van der Waals surface area contributed by atoms with Crippen LogP contribution >= 0.6 is 0 Å². The number of nitrogens with one attached hydrogen (secondary N) is 2. The van der Waals surface area contributed by atoms with E-state index in [1.54, 1.807) is 14.0 Å². The summed E-state index contributed by atoms with van der Waals surface area (Å²) in [6.07, 6.45) is 0. The molecular weight excluding hydrogens is 212 g/mol. The van der Waals surface area contributed by atoms with E-state index in [9.17, 15) is 9.59 Å². The average molecular weight is 232 g/mol. The molecule has 0 heterocycles. The molecular formula is C10H20N2O4. The number of hydrogen-bond donors (Lipinski definition) is 2. The van der Waals surface area contributed by atoms with E-state index in [-0.39, 0.29) is 18.4 Å². The van der Waals surface area contributed by atoms with Gasteiger partial charge in [0.1, 0.15) is 12.6 Å². The summed E-state index contributed by atoms with van der Waals surface area (Å²) in [4.78, 5) is 22.5. The lowest BCUT2D eigenvalue weighted by atomic mass is 10.3. The van der Waals surface area contributed by atoms with Gasteiger partial charge >= 0.3 is 0 Å². The van der Waals surface area contributed by atoms with Crippen LogP contribution in [0.4, 0.5) is 0 Å². The molecule has 0 bridgehead atoms. The summed E-state index contributed by atoms with van der Waals surface area (Å²) in [5, 5.41) is 5.14. The third-order valence-electron chi connectivity index (χ3n) is 1.79. The summed E-state index contributed by atoms with van der Waals surface area (Å²) in [6, 6.07) is -0.543. The molecule has 0 aliphatic rings. The van der Waals surface area contributed by atoms with Crippen LogP contribution < -0.4 is 10.6 Å². The predicted molar refractivity (Wildman–Crippen MR) is 59.0 cm³/mol. The van der Waals surface area contributed by atoms with Gasteiger partial charge in [0.25, 0.3) is 0 Å². The van der Waals surface area contributed by atoms with Crippen molar-refractivity contribution in [2.75, 3.05) is 33.5 Å². The fourth-order valence-electron chi connectivity index (χ4n) is 0.983. The van der Waals surface area contributed by atoms with Crippen LogP contribution in [0.5, 0.6) is 0 Å². The first-order chi connectivity index (χ1) is 7.61. The van der Waals surface area contributed by atoms with E-state index in [1.807, 2.05) is 6.92 Å². The van der Waals surface area contributed by atoms with E-state index in [2.05, 4.69) is 10.6 Å². The SMILES string of the molecule is CCNC(=O)C(C)NC(=O)COCCOC. The molecule has 0 rings (SSSR count). The van der Waals surface area contributed by atoms with Gasteiger partial charge < -0.3 is 20.1 Å². The largest absolute Gasteiger partial charge is 0.382 e. The second-order valence-electron chi connectivity index (χ2n) is 3.23. The molecule has 1 unspecified atom stereocenters. The van der Waals surface area contributed by atoms with Crippen molar-refractivity contribution in [1.29, 1.82) is 0 Å². The second kappa shape index (κ2) is 9.11. The minimum Gasteiger partial charge on any atom is -0.382 e. The van der Waals surface area contributed by atoms with Crippen LogP contribution in [0.15, 0.2) is 0 Å². The number of amides is 2. The summed E-state index contributed by atoms with van der Waals surface area (Å²) in [5.41, 5.74) is 0. The van der Waals surface area contributed by atoms with Crippen LogP contribution in [-0.2, 0) is 19.1 Å². The van der Waals surface area contributed by atoms with Gasteiger partial charge in [0, 0.05) is 13.7 Å². The topological polar surface area (TPSA) is 76.7 Å². The van der Waals surface area contributed by atoms with Gasteiger partial charge in [0.05, 0.1) is 13.2 Å². The van der Waals surface area contributed by atoms with Gasteiger partial charge in [-0.05, 0) is 13.8 Å². The Morgan fingerprint density at radius 2 is 2.00 bits per heavy atom. The van der Waals surface area contributed by atoms with Crippen molar-refractivity contribution in [3.05, 3.63) is 0 Å². The molecule has 0 saturated carbocycles. The van der Waals surface area contributed by atoms with E-state index in [0.717, 1.165) is 0 Å². The predicted octanol–water partition coefficient (Wildman–Crippen LogP) is -0.710. The van der Waals surface area contributed by atoms with Crippen LogP contribution in [0, 0.1) is 0 Å². The van der Waals surface area contributed by atoms with E-state index < -0.39 is 6.04 Å². The van der Waals surface area contributed by atoms with E-state index in [4.69, 9.17) is 9.47 Å². The fraction of sp³-hybridized carbons (Fsp3) is 0.800. The first kappa shape index (κ1) is 14.9. The number of likely N-dealkylation sites (N-methyl/N-ethyl adjacent to an activating group) is 1. The molecule has 0 spiro atoms. The monoisotopic (exact) mass is 232 g/mol. The van der Waals surface area contributed by atoms with E-state index in [0.29, 0.717) is 19.8 Å². The molecule has 6 nitrogen and oxygen atoms in total. The standard InChI is InChI=1S/C10H20N2O4/c1-4-11-10(14)8(2)12-9(13)7-16-6-5-15-3/h8H,4-7H2,1-3H3,(H,11,14)(H,12,13). The summed E-state index contributed by atoms with van der Waals surface area (Å²) >= 11 is 0. The minimum absolute atomic E-state index is 0.0624. The third kappa shape index (κ3) is 7.19. The summed E-state index contributed by atoms with van der Waals surface area (Å²) in [6.45, 7) is 4.73. The molecule has 0 fully saturated rings. The average Bonchev–Trinajstić information content (AvgIpc) is 2.24. The molecule has 0 aliphatic carbocycles. The van der Waals surface area contributed by atoms with Crippen LogP contribution in [0.3, 0.4) is 0 Å². The molecule has 0 saturated heterocycles. The second-order valence-corrected chi connectivity index (χ2v) is 3.23. The van der Waals surface area contributed by atoms with Crippen molar-refractivity contribution in [2.24, 2.45) is 0 Å². The lowest BCUT2D eigenvalue weighted by Gasteiger charge is -2.13. The fourth-order valence-corrected chi connectivity index (χ4v) is 0.983. The quantitative estimate of drug-likeness (QED) is 0.542. The first-order valence-electron chi connectivity index (χ1n) is 5.25. The van der Waals surface area contributed by atoms with Crippen LogP contribution in [0.2, 0.25) is 0 Å². The third-order valence-corrected chi connectivity index (χ3v) is 1.79. The molecule has 6 heteroatoms. The lowest BCUT2D eigenvalue weighted by molar-refractivity contribution is -0.131. The van der Waals surface area contributed by atoms with Crippen molar-refractivity contribution in [3.8, 4) is 0 Å². The zero-order valence-electron chi connectivity index (χ0n) is 10.0. The molecule has 0 aromatic rings. The van der Waals surface area contributed by atoms with Gasteiger partial charge in [-0.3, -0.25) is 9.59 Å². The number of carbonyl (C=O) groups excluding carboxylic acids is 2. The highest BCUT2D eigenvalue weighted by Crippen LogP contribution is 1.83. The molecule has 2 N–H and O–H groups in total. The van der Waals surface area contributed by atoms with Gasteiger partial charge in [-0.15, -0.1) is 0 Å². The number of methoxy groups -OCH3 is 1. The number of hydrogen-bond acceptors (Lipinski definition) is 4. The molecule has 94 valence electrons. The first-order valence-corrected chi connectivity index (χ1v) is 5.25. The number of rotatable bonds is 8. The van der Waals surface area contributed by atoms with Crippen LogP contribution in [0.25, 0.3) is 0 Å². The Labute approximate surface area is 95.7 Å². The Balaban J connectivity index is 3.65. The normalized spacial score (nSPS) is 11.9. The van der Waals surface area contributed by atoms with Crippen molar-refractivity contribution >= 4 is 11.8 Å². The Bertz CT molecular complexity index is 221. The molecule has 0 radical (unpaired) electrons. The summed E-state index contributed by atoms with van der Waals surface area (Å²) in [5.74, 6) is -0.511. The van der Waals surface area contributed by atoms with Gasteiger partial charge in [0.15, 0.2) is 0 Å². The van der Waals surface area contributed by atoms with Crippen molar-refractivity contribution < 1.29 is 19.1 Å². The zero-order chi connectivity index (χ0) is 12.4. The Morgan fingerprint density at radius 1 is 1.31 bits per heavy atom. The van der Waals surface area contributed by atoms with Gasteiger partial charge in [-0.1, -0.05) is 0 Å². The Hall–Kier alpha value is -1.14. The molecule has 0 aromatic heterocycles. The maximum Gasteiger partial charge on any atom is 0.246 e. The van der Waals surface area contributed by atoms with E-state index >= 15 is 0 Å². The molecule has 1 atom stereocenters. The van der Waals surface area contributed by atoms with Crippen molar-refractivity contribution in [1.82, 2.24) is 10.6 Å². The van der Waals surface area contributed by atoms with Gasteiger partial charge in [0.2, 0.25) is 11.8 Å². The highest BCUT2D eigenvalue weighted by atomic mass is 16.5. The maximum absolute atomic E-state index is 11.3. The summed E-state index contributed by atoms with van der Waals surface area (Å²) < 4.78 is 9.76. The van der Waals surface area contributed by atoms with Crippen molar-refractivity contribution in [3.63, 3.8) is 0 Å². The van der Waals surface area contributed by atoms with Gasteiger partial charge in [-0.25, -0.2) is 0 Å². The minimum atomic E-state index is -0.543. The smallest absolute Gasteiger partial charge is 0.246 e. The highest BCUT2D eigenvalue weighted by molar-refractivity contribution is 5.87. The van der Waals surface area contributed by atoms with Gasteiger partial charge in [-0.2, -0.15) is 0 Å². The molecule has 0 aliphatic heterocycles. The summed E-state index contributed by atoms with van der Waals surface area (Å²) in [7, 11) is 1.56. The zero-order valence-corrected chi connectivity index (χ0v) is 10.0. The Kier molecular flexibility index (Phi) is 8.46. The molecule has 2 amide bonds. The number of ether oxygens (including phenoxy) is 2. The van der Waals surface area contributed by atoms with Crippen molar-refractivity contribution in [2.45, 2.75) is 19.9 Å². The van der Waals surface area contributed by atoms with Crippen LogP contribution in [-0.4, -0.2) is 51.3 Å². The number of carbonyl (C=O) groups is 2. The maximum atomic E-state index is 11.3.